The van der Waals surface area contributed by atoms with Crippen molar-refractivity contribution in [1.29, 1.82) is 0 Å². The molecule has 3 rings (SSSR count). The molecule has 0 bridgehead atoms. The Hall–Kier alpha value is -1.80. The van der Waals surface area contributed by atoms with Crippen LogP contribution in [0.1, 0.15) is 25.8 Å². The molecule has 0 spiro atoms. The zero-order valence-corrected chi connectivity index (χ0v) is 18.1. The quantitative estimate of drug-likeness (QED) is 0.678. The van der Waals surface area contributed by atoms with Crippen molar-refractivity contribution in [1.82, 2.24) is 4.31 Å². The van der Waals surface area contributed by atoms with Crippen molar-refractivity contribution in [2.24, 2.45) is 5.92 Å². The molecule has 0 amide bonds. The number of hydrogen-bond acceptors (Lipinski definition) is 5. The van der Waals surface area contributed by atoms with E-state index in [4.69, 9.17) is 21.1 Å². The molecule has 0 radical (unpaired) electrons. The highest BCUT2D eigenvalue weighted by Gasteiger charge is 2.32. The van der Waals surface area contributed by atoms with E-state index in [1.807, 2.05) is 19.9 Å². The predicted octanol–water partition coefficient (Wildman–Crippen LogP) is 3.71. The topological polar surface area (TPSA) is 76.1 Å². The van der Waals surface area contributed by atoms with E-state index in [2.05, 4.69) is 0 Å². The molecule has 6 nitrogen and oxygen atoms in total. The van der Waals surface area contributed by atoms with Gasteiger partial charge in [-0.25, -0.2) is 8.42 Å². The highest BCUT2D eigenvalue weighted by Crippen LogP contribution is 2.32. The first-order valence-corrected chi connectivity index (χ1v) is 11.4. The van der Waals surface area contributed by atoms with Gasteiger partial charge in [0, 0.05) is 17.6 Å². The number of rotatable bonds is 8. The first kappa shape index (κ1) is 21.9. The summed E-state index contributed by atoms with van der Waals surface area (Å²) in [6.45, 7) is 4.79. The van der Waals surface area contributed by atoms with Gasteiger partial charge in [0.05, 0.1) is 11.5 Å². The van der Waals surface area contributed by atoms with Gasteiger partial charge in [-0.15, -0.1) is 0 Å². The van der Waals surface area contributed by atoms with Gasteiger partial charge in [-0.1, -0.05) is 31.5 Å². The maximum Gasteiger partial charge on any atom is 0.243 e. The Kier molecular flexibility index (Phi) is 7.05. The fraction of sp³-hybridized carbons (Fsp3) is 0.429. The molecule has 1 atom stereocenters. The molecule has 2 aromatic rings. The highest BCUT2D eigenvalue weighted by molar-refractivity contribution is 7.89. The number of aliphatic hydroxyl groups excluding tert-OH is 1. The number of sulfonamides is 1. The van der Waals surface area contributed by atoms with Crippen LogP contribution in [0.4, 0.5) is 0 Å². The average molecular weight is 440 g/mol. The summed E-state index contributed by atoms with van der Waals surface area (Å²) in [6.07, 6.45) is 0.536. The first-order chi connectivity index (χ1) is 13.8. The molecular weight excluding hydrogens is 414 g/mol. The molecule has 1 N–H and O–H groups in total. The standard InChI is InChI=1S/C21H26ClNO5S/c1-15(2)11-18(14-24)23(29(25,26)19-6-4-17(22)5-7-19)13-16-3-8-20-21(12-16)28-10-9-27-20/h3-8,12,15,18,24H,9-11,13-14H2,1-2H3/t18-/m1/s1. The lowest BCUT2D eigenvalue weighted by molar-refractivity contribution is 0.162. The second kappa shape index (κ2) is 9.34. The Balaban J connectivity index is 1.97. The molecule has 0 saturated carbocycles. The lowest BCUT2D eigenvalue weighted by Gasteiger charge is -2.31. The molecule has 1 aliphatic rings. The largest absolute Gasteiger partial charge is 0.486 e. The fourth-order valence-corrected chi connectivity index (χ4v) is 5.09. The van der Waals surface area contributed by atoms with Gasteiger partial charge >= 0.3 is 0 Å². The minimum atomic E-state index is -3.85. The van der Waals surface area contributed by atoms with Crippen molar-refractivity contribution in [2.75, 3.05) is 19.8 Å². The summed E-state index contributed by atoms with van der Waals surface area (Å²) in [5.74, 6) is 1.46. The van der Waals surface area contributed by atoms with E-state index in [9.17, 15) is 13.5 Å². The van der Waals surface area contributed by atoms with Gasteiger partial charge in [0.15, 0.2) is 11.5 Å². The number of fused-ring (bicyclic) bond motifs is 1. The fourth-order valence-electron chi connectivity index (χ4n) is 3.35. The molecule has 29 heavy (non-hydrogen) atoms. The Labute approximate surface area is 177 Å². The summed E-state index contributed by atoms with van der Waals surface area (Å²) in [4.78, 5) is 0.140. The minimum Gasteiger partial charge on any atom is -0.486 e. The van der Waals surface area contributed by atoms with Crippen molar-refractivity contribution >= 4 is 21.6 Å². The van der Waals surface area contributed by atoms with Gasteiger partial charge in [0.2, 0.25) is 10.0 Å². The number of halogens is 1. The normalized spacial score (nSPS) is 15.0. The summed E-state index contributed by atoms with van der Waals surface area (Å²) in [5.41, 5.74) is 0.758. The third-order valence-electron chi connectivity index (χ3n) is 4.73. The van der Waals surface area contributed by atoms with E-state index >= 15 is 0 Å². The van der Waals surface area contributed by atoms with Crippen molar-refractivity contribution in [3.63, 3.8) is 0 Å². The smallest absolute Gasteiger partial charge is 0.243 e. The van der Waals surface area contributed by atoms with E-state index in [0.717, 1.165) is 5.56 Å². The van der Waals surface area contributed by atoms with Crippen LogP contribution in [0.5, 0.6) is 11.5 Å². The van der Waals surface area contributed by atoms with E-state index < -0.39 is 16.1 Å². The molecule has 158 valence electrons. The molecule has 0 unspecified atom stereocenters. The number of hydrogen-bond donors (Lipinski definition) is 1. The SMILES string of the molecule is CC(C)C[C@H](CO)N(Cc1ccc2c(c1)OCCO2)S(=O)(=O)c1ccc(Cl)cc1. The molecule has 2 aromatic carbocycles. The number of benzene rings is 2. The van der Waals surface area contributed by atoms with Crippen molar-refractivity contribution in [3.8, 4) is 11.5 Å². The Morgan fingerprint density at radius 2 is 1.72 bits per heavy atom. The van der Waals surface area contributed by atoms with Gasteiger partial charge < -0.3 is 14.6 Å². The van der Waals surface area contributed by atoms with Crippen LogP contribution < -0.4 is 9.47 Å². The van der Waals surface area contributed by atoms with Crippen molar-refractivity contribution in [3.05, 3.63) is 53.1 Å². The van der Waals surface area contributed by atoms with Crippen molar-refractivity contribution in [2.45, 2.75) is 37.8 Å². The van der Waals surface area contributed by atoms with E-state index in [1.165, 1.54) is 16.4 Å². The lowest BCUT2D eigenvalue weighted by Crippen LogP contribution is -2.42. The summed E-state index contributed by atoms with van der Waals surface area (Å²) in [7, 11) is -3.85. The molecule has 8 heteroatoms. The number of ether oxygens (including phenoxy) is 2. The monoisotopic (exact) mass is 439 g/mol. The van der Waals surface area contributed by atoms with Crippen molar-refractivity contribution < 1.29 is 23.0 Å². The van der Waals surface area contributed by atoms with E-state index in [0.29, 0.717) is 36.2 Å². The second-order valence-electron chi connectivity index (χ2n) is 7.45. The second-order valence-corrected chi connectivity index (χ2v) is 9.78. The van der Waals surface area contributed by atoms with Crippen LogP contribution in [0.15, 0.2) is 47.4 Å². The third-order valence-corrected chi connectivity index (χ3v) is 6.89. The van der Waals surface area contributed by atoms with E-state index in [1.54, 1.807) is 24.3 Å². The molecule has 0 saturated heterocycles. The molecule has 0 fully saturated rings. The maximum atomic E-state index is 13.4. The van der Waals surface area contributed by atoms with Crippen LogP contribution in [0, 0.1) is 5.92 Å². The molecule has 1 heterocycles. The van der Waals surface area contributed by atoms with Gasteiger partial charge in [-0.05, 0) is 54.3 Å². The predicted molar refractivity (Wildman–Crippen MR) is 112 cm³/mol. The Morgan fingerprint density at radius 1 is 1.07 bits per heavy atom. The van der Waals surface area contributed by atoms with Gasteiger partial charge in [0.1, 0.15) is 13.2 Å². The molecule has 0 aliphatic carbocycles. The summed E-state index contributed by atoms with van der Waals surface area (Å²) in [5, 5.41) is 10.5. The number of nitrogens with zero attached hydrogens (tertiary/aromatic N) is 1. The van der Waals surface area contributed by atoms with Crippen LogP contribution in [0.25, 0.3) is 0 Å². The first-order valence-electron chi connectivity index (χ1n) is 9.58. The van der Waals surface area contributed by atoms with Gasteiger partial charge in [-0.3, -0.25) is 0 Å². The van der Waals surface area contributed by atoms with Gasteiger partial charge in [0.25, 0.3) is 0 Å². The summed E-state index contributed by atoms with van der Waals surface area (Å²) < 4.78 is 39.4. The van der Waals surface area contributed by atoms with Crippen LogP contribution in [-0.2, 0) is 16.6 Å². The summed E-state index contributed by atoms with van der Waals surface area (Å²) >= 11 is 5.92. The third kappa shape index (κ3) is 5.22. The summed E-state index contributed by atoms with van der Waals surface area (Å²) in [6, 6.07) is 10.9. The zero-order valence-electron chi connectivity index (χ0n) is 16.5. The van der Waals surface area contributed by atoms with E-state index in [-0.39, 0.29) is 24.0 Å². The van der Waals surface area contributed by atoms with Gasteiger partial charge in [-0.2, -0.15) is 4.31 Å². The average Bonchev–Trinajstić information content (AvgIpc) is 2.70. The van der Waals surface area contributed by atoms with Crippen LogP contribution in [-0.4, -0.2) is 43.7 Å². The van der Waals surface area contributed by atoms with Crippen LogP contribution in [0.3, 0.4) is 0 Å². The minimum absolute atomic E-state index is 0.111. The molecule has 1 aliphatic heterocycles. The molecule has 0 aromatic heterocycles. The Morgan fingerprint density at radius 3 is 2.34 bits per heavy atom. The van der Waals surface area contributed by atoms with Crippen LogP contribution >= 0.6 is 11.6 Å². The Bertz CT molecular complexity index is 931. The number of aliphatic hydroxyl groups is 1. The lowest BCUT2D eigenvalue weighted by atomic mass is 10.0. The highest BCUT2D eigenvalue weighted by atomic mass is 35.5. The van der Waals surface area contributed by atoms with Crippen LogP contribution in [0.2, 0.25) is 5.02 Å². The zero-order chi connectivity index (χ0) is 21.0. The maximum absolute atomic E-state index is 13.4. The molecular formula is C21H26ClNO5S.